The van der Waals surface area contributed by atoms with Crippen molar-refractivity contribution in [2.24, 2.45) is 5.92 Å². The molecule has 0 amide bonds. The third-order valence-electron chi connectivity index (χ3n) is 5.08. The van der Waals surface area contributed by atoms with Crippen molar-refractivity contribution in [2.45, 2.75) is 38.5 Å². The molecule has 0 radical (unpaired) electrons. The van der Waals surface area contributed by atoms with Crippen LogP contribution in [-0.2, 0) is 9.53 Å². The normalized spacial score (nSPS) is 19.9. The van der Waals surface area contributed by atoms with Crippen molar-refractivity contribution >= 4 is 23.3 Å². The number of anilines is 3. The first-order valence-electron chi connectivity index (χ1n) is 8.89. The molecule has 2 fully saturated rings. The summed E-state index contributed by atoms with van der Waals surface area (Å²) in [5, 5.41) is 0. The molecule has 2 saturated heterocycles. The number of nitrogens with zero attached hydrogens (tertiary/aromatic N) is 4. The molecule has 0 unspecified atom stereocenters. The van der Waals surface area contributed by atoms with E-state index in [2.05, 4.69) is 19.8 Å². The van der Waals surface area contributed by atoms with E-state index in [-0.39, 0.29) is 11.9 Å². The van der Waals surface area contributed by atoms with Crippen LogP contribution in [0.4, 0.5) is 17.3 Å². The van der Waals surface area contributed by atoms with E-state index in [0.29, 0.717) is 5.69 Å². The summed E-state index contributed by atoms with van der Waals surface area (Å²) >= 11 is 0. The molecule has 2 aliphatic rings. The molecule has 3 heterocycles. The summed E-state index contributed by atoms with van der Waals surface area (Å²) in [5.74, 6) is 1.53. The highest BCUT2D eigenvalue weighted by atomic mass is 16.5. The van der Waals surface area contributed by atoms with Crippen LogP contribution in [0.2, 0.25) is 0 Å². The lowest BCUT2D eigenvalue weighted by atomic mass is 9.97. The maximum Gasteiger partial charge on any atom is 0.308 e. The number of hydrogen-bond acceptors (Lipinski definition) is 7. The Morgan fingerprint density at radius 1 is 1.04 bits per heavy atom. The van der Waals surface area contributed by atoms with Gasteiger partial charge in [-0.25, -0.2) is 9.97 Å². The molecular weight excluding hydrogens is 306 g/mol. The highest BCUT2D eigenvalue weighted by molar-refractivity contribution is 5.76. The minimum absolute atomic E-state index is 0.0145. The number of aromatic nitrogens is 2. The second-order valence-corrected chi connectivity index (χ2v) is 6.62. The average Bonchev–Trinajstić information content (AvgIpc) is 2.91. The minimum atomic E-state index is -0.115. The molecule has 7 heteroatoms. The standard InChI is InChI=1S/C17H27N5O2/c1-24-17(23)13-6-10-22(11-7-13)16-14(18)15(19-12-20-16)21-8-4-2-3-5-9-21/h12-13H,2-11,18H2,1H3. The Hall–Kier alpha value is -2.05. The Labute approximate surface area is 143 Å². The third-order valence-corrected chi connectivity index (χ3v) is 5.08. The van der Waals surface area contributed by atoms with Crippen molar-refractivity contribution < 1.29 is 9.53 Å². The van der Waals surface area contributed by atoms with Crippen molar-refractivity contribution in [1.82, 2.24) is 9.97 Å². The number of methoxy groups -OCH3 is 1. The van der Waals surface area contributed by atoms with E-state index in [9.17, 15) is 4.79 Å². The summed E-state index contributed by atoms with van der Waals surface area (Å²) in [4.78, 5) is 25.0. The molecule has 0 bridgehead atoms. The van der Waals surface area contributed by atoms with Gasteiger partial charge in [-0.15, -0.1) is 0 Å². The highest BCUT2D eigenvalue weighted by Gasteiger charge is 2.28. The van der Waals surface area contributed by atoms with Crippen LogP contribution in [0.3, 0.4) is 0 Å². The largest absolute Gasteiger partial charge is 0.469 e. The summed E-state index contributed by atoms with van der Waals surface area (Å²) in [5.41, 5.74) is 7.08. The Morgan fingerprint density at radius 3 is 2.12 bits per heavy atom. The third kappa shape index (κ3) is 3.55. The number of ether oxygens (including phenoxy) is 1. The van der Waals surface area contributed by atoms with Gasteiger partial charge in [-0.3, -0.25) is 4.79 Å². The van der Waals surface area contributed by atoms with E-state index in [0.717, 1.165) is 50.7 Å². The van der Waals surface area contributed by atoms with Gasteiger partial charge >= 0.3 is 5.97 Å². The van der Waals surface area contributed by atoms with Gasteiger partial charge in [0.25, 0.3) is 0 Å². The van der Waals surface area contributed by atoms with Crippen LogP contribution >= 0.6 is 0 Å². The van der Waals surface area contributed by atoms with Crippen molar-refractivity contribution in [3.8, 4) is 0 Å². The number of esters is 1. The van der Waals surface area contributed by atoms with Gasteiger partial charge in [0, 0.05) is 26.2 Å². The Balaban J connectivity index is 1.73. The topological polar surface area (TPSA) is 84.6 Å². The first-order valence-corrected chi connectivity index (χ1v) is 8.89. The number of rotatable bonds is 3. The number of hydrogen-bond donors (Lipinski definition) is 1. The zero-order valence-corrected chi connectivity index (χ0v) is 14.4. The molecule has 0 spiro atoms. The number of carbonyl (C=O) groups excluding carboxylic acids is 1. The van der Waals surface area contributed by atoms with Crippen LogP contribution in [0.25, 0.3) is 0 Å². The van der Waals surface area contributed by atoms with Crippen LogP contribution in [-0.4, -0.2) is 49.2 Å². The number of nitrogen functional groups attached to an aromatic ring is 1. The van der Waals surface area contributed by atoms with Crippen molar-refractivity contribution in [1.29, 1.82) is 0 Å². The quantitative estimate of drug-likeness (QED) is 0.845. The Morgan fingerprint density at radius 2 is 1.58 bits per heavy atom. The zero-order valence-electron chi connectivity index (χ0n) is 14.4. The molecular formula is C17H27N5O2. The predicted octanol–water partition coefficient (Wildman–Crippen LogP) is 1.83. The maximum absolute atomic E-state index is 11.7. The molecule has 1 aromatic heterocycles. The molecule has 3 rings (SSSR count). The van der Waals surface area contributed by atoms with Gasteiger partial charge in [0.15, 0.2) is 11.6 Å². The van der Waals surface area contributed by atoms with Crippen LogP contribution in [0, 0.1) is 5.92 Å². The lowest BCUT2D eigenvalue weighted by Crippen LogP contribution is -2.38. The highest BCUT2D eigenvalue weighted by Crippen LogP contribution is 2.32. The summed E-state index contributed by atoms with van der Waals surface area (Å²) in [6.07, 6.45) is 8.07. The number of nitrogens with two attached hydrogens (primary N) is 1. The molecule has 132 valence electrons. The molecule has 0 atom stereocenters. The van der Waals surface area contributed by atoms with Gasteiger partial charge in [-0.2, -0.15) is 0 Å². The second kappa shape index (κ2) is 7.68. The van der Waals surface area contributed by atoms with Crippen molar-refractivity contribution in [2.75, 3.05) is 48.8 Å². The van der Waals surface area contributed by atoms with E-state index in [1.54, 1.807) is 6.33 Å². The lowest BCUT2D eigenvalue weighted by molar-refractivity contribution is -0.146. The van der Waals surface area contributed by atoms with Crippen LogP contribution in [0.15, 0.2) is 6.33 Å². The molecule has 7 nitrogen and oxygen atoms in total. The van der Waals surface area contributed by atoms with E-state index >= 15 is 0 Å². The fourth-order valence-electron chi connectivity index (χ4n) is 3.66. The number of piperidine rings is 1. The van der Waals surface area contributed by atoms with Gasteiger partial charge < -0.3 is 20.3 Å². The van der Waals surface area contributed by atoms with Crippen molar-refractivity contribution in [3.63, 3.8) is 0 Å². The minimum Gasteiger partial charge on any atom is -0.469 e. The smallest absolute Gasteiger partial charge is 0.308 e. The summed E-state index contributed by atoms with van der Waals surface area (Å²) in [6.45, 7) is 3.54. The molecule has 0 aromatic carbocycles. The molecule has 0 aliphatic carbocycles. The van der Waals surface area contributed by atoms with Crippen LogP contribution in [0.5, 0.6) is 0 Å². The molecule has 1 aromatic rings. The van der Waals surface area contributed by atoms with E-state index in [1.807, 2.05) is 0 Å². The Kier molecular flexibility index (Phi) is 5.37. The number of carbonyl (C=O) groups is 1. The summed E-state index contributed by atoms with van der Waals surface area (Å²) in [7, 11) is 1.45. The fraction of sp³-hybridized carbons (Fsp3) is 0.706. The lowest BCUT2D eigenvalue weighted by Gasteiger charge is -2.33. The average molecular weight is 333 g/mol. The molecule has 2 aliphatic heterocycles. The van der Waals surface area contributed by atoms with Crippen molar-refractivity contribution in [3.05, 3.63) is 6.33 Å². The second-order valence-electron chi connectivity index (χ2n) is 6.62. The fourth-order valence-corrected chi connectivity index (χ4v) is 3.66. The first-order chi connectivity index (χ1) is 11.7. The SMILES string of the molecule is COC(=O)C1CCN(c2ncnc(N3CCCCCC3)c2N)CC1. The molecule has 0 saturated carbocycles. The van der Waals surface area contributed by atoms with Gasteiger partial charge in [-0.05, 0) is 25.7 Å². The predicted molar refractivity (Wildman–Crippen MR) is 94.1 cm³/mol. The summed E-state index contributed by atoms with van der Waals surface area (Å²) in [6, 6.07) is 0. The molecule has 2 N–H and O–H groups in total. The monoisotopic (exact) mass is 333 g/mol. The van der Waals surface area contributed by atoms with Gasteiger partial charge in [0.2, 0.25) is 0 Å². The van der Waals surface area contributed by atoms with Gasteiger partial charge in [0.1, 0.15) is 12.0 Å². The van der Waals surface area contributed by atoms with E-state index in [1.165, 1.54) is 32.8 Å². The van der Waals surface area contributed by atoms with Gasteiger partial charge in [-0.1, -0.05) is 12.8 Å². The maximum atomic E-state index is 11.7. The molecule has 24 heavy (non-hydrogen) atoms. The van der Waals surface area contributed by atoms with Crippen LogP contribution in [0.1, 0.15) is 38.5 Å². The van der Waals surface area contributed by atoms with E-state index < -0.39 is 0 Å². The summed E-state index contributed by atoms with van der Waals surface area (Å²) < 4.78 is 4.85. The first kappa shape index (κ1) is 16.8. The van der Waals surface area contributed by atoms with Crippen LogP contribution < -0.4 is 15.5 Å². The van der Waals surface area contributed by atoms with Gasteiger partial charge in [0.05, 0.1) is 13.0 Å². The zero-order chi connectivity index (χ0) is 16.9. The van der Waals surface area contributed by atoms with E-state index in [4.69, 9.17) is 10.5 Å². The Bertz CT molecular complexity index is 564.